The van der Waals surface area contributed by atoms with Gasteiger partial charge in [-0.1, -0.05) is 23.8 Å². The average molecular weight is 292 g/mol. The molecule has 0 bridgehead atoms. The first-order chi connectivity index (χ1) is 10.5. The van der Waals surface area contributed by atoms with Crippen molar-refractivity contribution in [1.82, 2.24) is 9.97 Å². The van der Waals surface area contributed by atoms with Gasteiger partial charge in [0.2, 0.25) is 0 Å². The van der Waals surface area contributed by atoms with Crippen LogP contribution < -0.4 is 10.4 Å². The number of carboxylic acids is 1. The third kappa shape index (κ3) is 2.61. The molecule has 0 saturated carbocycles. The molecule has 0 aliphatic rings. The molecule has 0 radical (unpaired) electrons. The van der Waals surface area contributed by atoms with E-state index in [9.17, 15) is 9.90 Å². The monoisotopic (exact) mass is 292 g/mol. The Morgan fingerprint density at radius 3 is 2.68 bits per heavy atom. The average Bonchev–Trinajstić information content (AvgIpc) is 2.49. The fourth-order valence-electron chi connectivity index (χ4n) is 2.28. The van der Waals surface area contributed by atoms with E-state index in [0.29, 0.717) is 11.5 Å². The number of fused-ring (bicyclic) bond motifs is 1. The van der Waals surface area contributed by atoms with Gasteiger partial charge in [-0.3, -0.25) is 0 Å². The largest absolute Gasteiger partial charge is 0.545 e. The molecule has 0 aliphatic heterocycles. The van der Waals surface area contributed by atoms with E-state index in [0.717, 1.165) is 22.0 Å². The number of carbonyl (C=O) groups excluding carboxylic acids is 1. The number of benzene rings is 2. The van der Waals surface area contributed by atoms with Gasteiger partial charge in [0, 0.05) is 11.1 Å². The van der Waals surface area contributed by atoms with Gasteiger partial charge in [-0.25, -0.2) is 9.97 Å². The number of carbonyl (C=O) groups is 1. The zero-order valence-electron chi connectivity index (χ0n) is 12.3. The number of rotatable bonds is 3. The predicted octanol–water partition coefficient (Wildman–Crippen LogP) is 2.35. The molecule has 22 heavy (non-hydrogen) atoms. The van der Waals surface area contributed by atoms with Crippen molar-refractivity contribution in [2.45, 2.75) is 13.8 Å². The Morgan fingerprint density at radius 2 is 1.91 bits per heavy atom. The lowest BCUT2D eigenvalue weighted by atomic mass is 10.1. The number of nitrogens with one attached hydrogen (secondary N) is 1. The number of aromatic carboxylic acids is 1. The summed E-state index contributed by atoms with van der Waals surface area (Å²) >= 11 is 0. The Bertz CT molecular complexity index is 875. The maximum atomic E-state index is 11.0. The second-order valence-corrected chi connectivity index (χ2v) is 5.19. The molecule has 5 nitrogen and oxygen atoms in total. The lowest BCUT2D eigenvalue weighted by molar-refractivity contribution is -0.255. The molecule has 1 aromatic heterocycles. The van der Waals surface area contributed by atoms with Crippen molar-refractivity contribution >= 4 is 28.4 Å². The van der Waals surface area contributed by atoms with Crippen molar-refractivity contribution < 1.29 is 9.90 Å². The molecule has 1 heterocycles. The zero-order valence-corrected chi connectivity index (χ0v) is 12.3. The number of nitrogens with zero attached hydrogens (tertiary/aromatic N) is 2. The van der Waals surface area contributed by atoms with Crippen molar-refractivity contribution in [1.29, 1.82) is 0 Å². The number of aromatic nitrogens is 2. The highest BCUT2D eigenvalue weighted by Crippen LogP contribution is 2.26. The van der Waals surface area contributed by atoms with Crippen LogP contribution in [0.25, 0.3) is 10.9 Å². The van der Waals surface area contributed by atoms with Gasteiger partial charge in [-0.05, 0) is 43.2 Å². The van der Waals surface area contributed by atoms with E-state index in [1.165, 1.54) is 12.4 Å². The quantitative estimate of drug-likeness (QED) is 0.801. The molecule has 0 aliphatic carbocycles. The van der Waals surface area contributed by atoms with Gasteiger partial charge in [0.25, 0.3) is 0 Å². The lowest BCUT2D eigenvalue weighted by Crippen LogP contribution is -2.22. The Morgan fingerprint density at radius 1 is 1.09 bits per heavy atom. The first-order valence-corrected chi connectivity index (χ1v) is 6.85. The van der Waals surface area contributed by atoms with E-state index in [1.807, 2.05) is 32.0 Å². The highest BCUT2D eigenvalue weighted by atomic mass is 16.4. The maximum Gasteiger partial charge on any atom is 0.141 e. The van der Waals surface area contributed by atoms with Gasteiger partial charge >= 0.3 is 0 Å². The fourth-order valence-corrected chi connectivity index (χ4v) is 2.28. The minimum absolute atomic E-state index is 0.127. The van der Waals surface area contributed by atoms with Crippen molar-refractivity contribution in [3.63, 3.8) is 0 Å². The van der Waals surface area contributed by atoms with Gasteiger partial charge in [-0.2, -0.15) is 0 Å². The maximum absolute atomic E-state index is 11.0. The van der Waals surface area contributed by atoms with Crippen LogP contribution in [0.2, 0.25) is 0 Å². The van der Waals surface area contributed by atoms with Gasteiger partial charge < -0.3 is 15.2 Å². The summed E-state index contributed by atoms with van der Waals surface area (Å²) in [5.74, 6) is -0.557. The third-order valence-corrected chi connectivity index (χ3v) is 3.52. The first kappa shape index (κ1) is 14.0. The highest BCUT2D eigenvalue weighted by molar-refractivity contribution is 5.92. The molecular weight excluding hydrogens is 278 g/mol. The van der Waals surface area contributed by atoms with Crippen molar-refractivity contribution in [3.8, 4) is 0 Å². The molecule has 0 saturated heterocycles. The second-order valence-electron chi connectivity index (χ2n) is 5.19. The van der Waals surface area contributed by atoms with E-state index >= 15 is 0 Å². The normalized spacial score (nSPS) is 10.6. The summed E-state index contributed by atoms with van der Waals surface area (Å²) in [5, 5.41) is 15.1. The zero-order chi connectivity index (χ0) is 15.7. The summed E-state index contributed by atoms with van der Waals surface area (Å²) in [6.07, 6.45) is 1.48. The molecule has 0 spiro atoms. The molecule has 0 fully saturated rings. The Balaban J connectivity index is 2.09. The van der Waals surface area contributed by atoms with Crippen LogP contribution in [0.3, 0.4) is 0 Å². The third-order valence-electron chi connectivity index (χ3n) is 3.52. The van der Waals surface area contributed by atoms with Crippen LogP contribution in [0.5, 0.6) is 0 Å². The van der Waals surface area contributed by atoms with Gasteiger partial charge in [-0.15, -0.1) is 0 Å². The molecule has 3 rings (SSSR count). The predicted molar refractivity (Wildman–Crippen MR) is 83.1 cm³/mol. The molecule has 0 amide bonds. The van der Waals surface area contributed by atoms with Crippen LogP contribution in [0.1, 0.15) is 21.5 Å². The molecule has 110 valence electrons. The molecule has 2 aromatic carbocycles. The van der Waals surface area contributed by atoms with Gasteiger partial charge in [0.1, 0.15) is 12.1 Å². The number of carboxylic acid groups (broad SMARTS) is 1. The number of hydrogen-bond donors (Lipinski definition) is 1. The Labute approximate surface area is 127 Å². The van der Waals surface area contributed by atoms with Gasteiger partial charge in [0.05, 0.1) is 11.5 Å². The Kier molecular flexibility index (Phi) is 3.47. The fraction of sp³-hybridized carbons (Fsp3) is 0.118. The number of anilines is 2. The van der Waals surface area contributed by atoms with Crippen LogP contribution in [-0.2, 0) is 0 Å². The van der Waals surface area contributed by atoms with E-state index < -0.39 is 5.97 Å². The van der Waals surface area contributed by atoms with E-state index in [4.69, 9.17) is 0 Å². The summed E-state index contributed by atoms with van der Waals surface area (Å²) in [6.45, 7) is 3.90. The van der Waals surface area contributed by atoms with E-state index in [1.54, 1.807) is 12.1 Å². The molecule has 0 atom stereocenters. The standard InChI is InChI=1S/C17H15N3O2/c1-10-3-6-14-13(7-10)16(19-9-18-14)20-15-8-12(17(21)22)5-4-11(15)2/h3-9H,1-2H3,(H,21,22)(H,18,19,20)/p-1. The Hall–Kier alpha value is -2.95. The molecule has 1 N–H and O–H groups in total. The smallest absolute Gasteiger partial charge is 0.141 e. The summed E-state index contributed by atoms with van der Waals surface area (Å²) in [4.78, 5) is 19.5. The topological polar surface area (TPSA) is 77.9 Å². The minimum Gasteiger partial charge on any atom is -0.545 e. The highest BCUT2D eigenvalue weighted by Gasteiger charge is 2.07. The lowest BCUT2D eigenvalue weighted by Gasteiger charge is -2.13. The van der Waals surface area contributed by atoms with Gasteiger partial charge in [0.15, 0.2) is 0 Å². The number of aryl methyl sites for hydroxylation is 2. The molecular formula is C17H14N3O2-. The molecule has 0 unspecified atom stereocenters. The van der Waals surface area contributed by atoms with Crippen molar-refractivity contribution in [2.24, 2.45) is 0 Å². The van der Waals surface area contributed by atoms with Crippen LogP contribution in [-0.4, -0.2) is 15.9 Å². The van der Waals surface area contributed by atoms with Crippen LogP contribution in [0, 0.1) is 13.8 Å². The van der Waals surface area contributed by atoms with Crippen LogP contribution >= 0.6 is 0 Å². The summed E-state index contributed by atoms with van der Waals surface area (Å²) in [6, 6.07) is 10.7. The molecule has 5 heteroatoms. The van der Waals surface area contributed by atoms with Crippen molar-refractivity contribution in [2.75, 3.05) is 5.32 Å². The molecule has 3 aromatic rings. The number of hydrogen-bond acceptors (Lipinski definition) is 5. The summed E-state index contributed by atoms with van der Waals surface area (Å²) < 4.78 is 0. The summed E-state index contributed by atoms with van der Waals surface area (Å²) in [7, 11) is 0. The van der Waals surface area contributed by atoms with Crippen molar-refractivity contribution in [3.05, 3.63) is 59.4 Å². The summed E-state index contributed by atoms with van der Waals surface area (Å²) in [5.41, 5.74) is 3.66. The van der Waals surface area contributed by atoms with Crippen LogP contribution in [0.15, 0.2) is 42.7 Å². The SMILES string of the molecule is Cc1ccc2ncnc(Nc3cc(C(=O)[O-])ccc3C)c2c1. The minimum atomic E-state index is -1.20. The van der Waals surface area contributed by atoms with E-state index in [-0.39, 0.29) is 5.56 Å². The van der Waals surface area contributed by atoms with E-state index in [2.05, 4.69) is 15.3 Å². The first-order valence-electron chi connectivity index (χ1n) is 6.85. The van der Waals surface area contributed by atoms with Crippen LogP contribution in [0.4, 0.5) is 11.5 Å². The second kappa shape index (κ2) is 5.44.